The van der Waals surface area contributed by atoms with Crippen molar-refractivity contribution in [3.8, 4) is 0 Å². The summed E-state index contributed by atoms with van der Waals surface area (Å²) in [5, 5.41) is 0. The van der Waals surface area contributed by atoms with Crippen LogP contribution in [0.1, 0.15) is 18.4 Å². The SMILES string of the molecule is Fc1cccc(C(F)(F)F)c1N1CCC(F)(F)CC1. The standard InChI is InChI=1S/C12H11F6N/c13-9-3-1-2-8(12(16,17)18)10(9)19-6-4-11(14,15)5-7-19/h1-3H,4-7H2. The molecular weight excluding hydrogens is 272 g/mol. The van der Waals surface area contributed by atoms with Gasteiger partial charge in [0.2, 0.25) is 0 Å². The van der Waals surface area contributed by atoms with Gasteiger partial charge in [-0.25, -0.2) is 13.2 Å². The molecule has 1 saturated heterocycles. The zero-order valence-corrected chi connectivity index (χ0v) is 9.78. The first-order chi connectivity index (χ1) is 8.71. The lowest BCUT2D eigenvalue weighted by Crippen LogP contribution is -2.40. The Balaban J connectivity index is 2.35. The molecule has 0 unspecified atom stereocenters. The Morgan fingerprint density at radius 3 is 2.16 bits per heavy atom. The average Bonchev–Trinajstić information content (AvgIpc) is 2.28. The third-order valence-corrected chi connectivity index (χ3v) is 3.10. The normalized spacial score (nSPS) is 19.6. The molecule has 1 aliphatic heterocycles. The molecule has 19 heavy (non-hydrogen) atoms. The van der Waals surface area contributed by atoms with Crippen molar-refractivity contribution in [1.82, 2.24) is 0 Å². The van der Waals surface area contributed by atoms with Crippen LogP contribution in [0.3, 0.4) is 0 Å². The molecule has 0 bridgehead atoms. The number of nitrogens with zero attached hydrogens (tertiary/aromatic N) is 1. The highest BCUT2D eigenvalue weighted by Gasteiger charge is 2.40. The first-order valence-electron chi connectivity index (χ1n) is 5.69. The van der Waals surface area contributed by atoms with Gasteiger partial charge in [0, 0.05) is 25.9 Å². The summed E-state index contributed by atoms with van der Waals surface area (Å²) < 4.78 is 78.0. The van der Waals surface area contributed by atoms with Crippen molar-refractivity contribution >= 4 is 5.69 Å². The molecule has 1 nitrogen and oxygen atoms in total. The smallest absolute Gasteiger partial charge is 0.368 e. The number of hydrogen-bond acceptors (Lipinski definition) is 1. The number of hydrogen-bond donors (Lipinski definition) is 0. The van der Waals surface area contributed by atoms with Gasteiger partial charge in [-0.05, 0) is 12.1 Å². The van der Waals surface area contributed by atoms with Crippen LogP contribution in [0.2, 0.25) is 0 Å². The topological polar surface area (TPSA) is 3.24 Å². The summed E-state index contributed by atoms with van der Waals surface area (Å²) in [6.07, 6.45) is -5.85. The molecule has 7 heteroatoms. The van der Waals surface area contributed by atoms with E-state index >= 15 is 0 Å². The number of rotatable bonds is 1. The van der Waals surface area contributed by atoms with Crippen LogP contribution in [0, 0.1) is 5.82 Å². The van der Waals surface area contributed by atoms with Gasteiger partial charge in [-0.15, -0.1) is 0 Å². The quantitative estimate of drug-likeness (QED) is 0.702. The Bertz CT molecular complexity index is 458. The molecule has 0 aliphatic carbocycles. The lowest BCUT2D eigenvalue weighted by molar-refractivity contribution is -0.137. The molecular formula is C12H11F6N. The molecule has 0 atom stereocenters. The van der Waals surface area contributed by atoms with Gasteiger partial charge in [-0.3, -0.25) is 0 Å². The van der Waals surface area contributed by atoms with Crippen LogP contribution in [0.5, 0.6) is 0 Å². The summed E-state index contributed by atoms with van der Waals surface area (Å²) >= 11 is 0. The van der Waals surface area contributed by atoms with Crippen LogP contribution in [-0.4, -0.2) is 19.0 Å². The van der Waals surface area contributed by atoms with Crippen LogP contribution < -0.4 is 4.90 Å². The highest BCUT2D eigenvalue weighted by molar-refractivity contribution is 5.56. The number of benzene rings is 1. The maximum Gasteiger partial charge on any atom is 0.418 e. The molecule has 1 aromatic rings. The van der Waals surface area contributed by atoms with Crippen molar-refractivity contribution in [1.29, 1.82) is 0 Å². The van der Waals surface area contributed by atoms with Crippen molar-refractivity contribution in [2.75, 3.05) is 18.0 Å². The molecule has 0 amide bonds. The summed E-state index contributed by atoms with van der Waals surface area (Å²) in [4.78, 5) is 1.04. The van der Waals surface area contributed by atoms with Crippen molar-refractivity contribution in [2.24, 2.45) is 0 Å². The Hall–Kier alpha value is -1.40. The van der Waals surface area contributed by atoms with Crippen molar-refractivity contribution in [2.45, 2.75) is 24.9 Å². The summed E-state index contributed by atoms with van der Waals surface area (Å²) in [6, 6.07) is 2.61. The molecule has 2 rings (SSSR count). The molecule has 1 aromatic carbocycles. The van der Waals surface area contributed by atoms with Crippen LogP contribution in [0.4, 0.5) is 32.0 Å². The van der Waals surface area contributed by atoms with Crippen molar-refractivity contribution in [3.63, 3.8) is 0 Å². The Morgan fingerprint density at radius 1 is 1.05 bits per heavy atom. The fourth-order valence-electron chi connectivity index (χ4n) is 2.12. The maximum atomic E-state index is 13.6. The molecule has 106 valence electrons. The number of anilines is 1. The third kappa shape index (κ3) is 2.96. The van der Waals surface area contributed by atoms with Crippen LogP contribution >= 0.6 is 0 Å². The second kappa shape index (κ2) is 4.61. The fourth-order valence-corrected chi connectivity index (χ4v) is 2.12. The van der Waals surface area contributed by atoms with E-state index in [0.717, 1.165) is 23.1 Å². The van der Waals surface area contributed by atoms with Crippen LogP contribution in [0.15, 0.2) is 18.2 Å². The number of alkyl halides is 5. The maximum absolute atomic E-state index is 13.6. The van der Waals surface area contributed by atoms with E-state index in [1.54, 1.807) is 0 Å². The summed E-state index contributed by atoms with van der Waals surface area (Å²) in [5.41, 5.74) is -1.76. The van der Waals surface area contributed by atoms with Gasteiger partial charge < -0.3 is 4.90 Å². The fraction of sp³-hybridized carbons (Fsp3) is 0.500. The first kappa shape index (κ1) is 14.0. The summed E-state index contributed by atoms with van der Waals surface area (Å²) in [5.74, 6) is -3.93. The van der Waals surface area contributed by atoms with E-state index in [1.807, 2.05) is 0 Å². The van der Waals surface area contributed by atoms with E-state index in [0.29, 0.717) is 0 Å². The molecule has 0 aromatic heterocycles. The molecule has 1 heterocycles. The van der Waals surface area contributed by atoms with Gasteiger partial charge in [-0.2, -0.15) is 13.2 Å². The second-order valence-corrected chi connectivity index (χ2v) is 4.48. The second-order valence-electron chi connectivity index (χ2n) is 4.48. The van der Waals surface area contributed by atoms with E-state index in [-0.39, 0.29) is 13.1 Å². The van der Waals surface area contributed by atoms with Gasteiger partial charge in [0.05, 0.1) is 11.3 Å². The Labute approximate surface area is 105 Å². The average molecular weight is 283 g/mol. The number of piperidine rings is 1. The summed E-state index contributed by atoms with van der Waals surface area (Å²) in [6.45, 7) is -0.589. The molecule has 1 aliphatic rings. The third-order valence-electron chi connectivity index (χ3n) is 3.10. The van der Waals surface area contributed by atoms with Gasteiger partial charge in [-0.1, -0.05) is 6.07 Å². The molecule has 0 spiro atoms. The van der Waals surface area contributed by atoms with Gasteiger partial charge in [0.15, 0.2) is 0 Å². The van der Waals surface area contributed by atoms with Gasteiger partial charge >= 0.3 is 6.18 Å². The van der Waals surface area contributed by atoms with E-state index < -0.39 is 42.0 Å². The lowest BCUT2D eigenvalue weighted by Gasteiger charge is -2.34. The molecule has 0 N–H and O–H groups in total. The largest absolute Gasteiger partial charge is 0.418 e. The van der Waals surface area contributed by atoms with Gasteiger partial charge in [0.25, 0.3) is 5.92 Å². The van der Waals surface area contributed by atoms with Gasteiger partial charge in [0.1, 0.15) is 5.82 Å². The Morgan fingerprint density at radius 2 is 1.63 bits per heavy atom. The number of halogens is 6. The first-order valence-corrected chi connectivity index (χ1v) is 5.69. The monoisotopic (exact) mass is 283 g/mol. The van der Waals surface area contributed by atoms with E-state index in [2.05, 4.69) is 0 Å². The minimum Gasteiger partial charge on any atom is -0.368 e. The minimum atomic E-state index is -4.71. The number of para-hydroxylation sites is 1. The summed E-state index contributed by atoms with van der Waals surface area (Å²) in [7, 11) is 0. The lowest BCUT2D eigenvalue weighted by atomic mass is 10.0. The Kier molecular flexibility index (Phi) is 3.40. The van der Waals surface area contributed by atoms with E-state index in [9.17, 15) is 26.3 Å². The highest BCUT2D eigenvalue weighted by atomic mass is 19.4. The van der Waals surface area contributed by atoms with E-state index in [1.165, 1.54) is 0 Å². The zero-order valence-electron chi connectivity index (χ0n) is 9.78. The highest BCUT2D eigenvalue weighted by Crippen LogP contribution is 2.40. The van der Waals surface area contributed by atoms with Crippen molar-refractivity contribution in [3.05, 3.63) is 29.6 Å². The predicted molar refractivity (Wildman–Crippen MR) is 57.8 cm³/mol. The molecule has 0 saturated carbocycles. The zero-order chi connectivity index (χ0) is 14.3. The van der Waals surface area contributed by atoms with E-state index in [4.69, 9.17) is 0 Å². The minimum absolute atomic E-state index is 0.295. The predicted octanol–water partition coefficient (Wildman–Crippen LogP) is 4.08. The van der Waals surface area contributed by atoms with Crippen molar-refractivity contribution < 1.29 is 26.3 Å². The van der Waals surface area contributed by atoms with Crippen LogP contribution in [-0.2, 0) is 6.18 Å². The molecule has 1 fully saturated rings. The molecule has 0 radical (unpaired) electrons. The van der Waals surface area contributed by atoms with Crippen LogP contribution in [0.25, 0.3) is 0 Å².